The van der Waals surface area contributed by atoms with E-state index in [9.17, 15) is 0 Å². The zero-order valence-electron chi connectivity index (χ0n) is 36.9. The number of hydrogen-bond donors (Lipinski definition) is 0. The maximum absolute atomic E-state index is 6.54. The monoisotopic (exact) mass is 883 g/mol. The minimum absolute atomic E-state index is 0.542. The summed E-state index contributed by atoms with van der Waals surface area (Å²) in [5.74, 6) is 0. The molecular formula is C65H41NOS. The van der Waals surface area contributed by atoms with E-state index in [2.05, 4.69) is 248 Å². The molecule has 0 radical (unpaired) electrons. The lowest BCUT2D eigenvalue weighted by molar-refractivity contribution is 0.670. The Hall–Kier alpha value is -8.50. The van der Waals surface area contributed by atoms with Crippen LogP contribution < -0.4 is 4.90 Å². The summed E-state index contributed by atoms with van der Waals surface area (Å²) in [6.07, 6.45) is 0. The average molecular weight is 884 g/mol. The van der Waals surface area contributed by atoms with Gasteiger partial charge in [0.05, 0.1) is 11.1 Å². The minimum atomic E-state index is -0.542. The quantitative estimate of drug-likeness (QED) is 0.159. The van der Waals surface area contributed by atoms with Crippen molar-refractivity contribution in [1.29, 1.82) is 0 Å². The third-order valence-corrected chi connectivity index (χ3v) is 15.6. The van der Waals surface area contributed by atoms with Gasteiger partial charge in [-0.15, -0.1) is 11.3 Å². The molecule has 2 aromatic heterocycles. The Morgan fingerprint density at radius 2 is 0.941 bits per heavy atom. The second-order valence-electron chi connectivity index (χ2n) is 17.9. The molecule has 13 aromatic rings. The lowest BCUT2D eigenvalue weighted by Gasteiger charge is -2.35. The molecule has 3 heteroatoms. The summed E-state index contributed by atoms with van der Waals surface area (Å²) < 4.78 is 9.16. The van der Waals surface area contributed by atoms with E-state index in [1.807, 2.05) is 17.4 Å². The fourth-order valence-electron chi connectivity index (χ4n) is 11.5. The first-order chi connectivity index (χ1) is 33.7. The molecule has 68 heavy (non-hydrogen) atoms. The number of furan rings is 1. The summed E-state index contributed by atoms with van der Waals surface area (Å²) in [6.45, 7) is 0. The topological polar surface area (TPSA) is 16.4 Å². The smallest absolute Gasteiger partial charge is 0.143 e. The number of fused-ring (bicyclic) bond motifs is 10. The van der Waals surface area contributed by atoms with E-state index in [0.29, 0.717) is 0 Å². The number of para-hydroxylation sites is 2. The highest BCUT2D eigenvalue weighted by atomic mass is 32.1. The molecule has 0 aliphatic heterocycles. The first kappa shape index (κ1) is 38.7. The summed E-state index contributed by atoms with van der Waals surface area (Å²) in [5.41, 5.74) is 16.8. The van der Waals surface area contributed by atoms with Gasteiger partial charge < -0.3 is 9.32 Å². The molecule has 0 saturated heterocycles. The van der Waals surface area contributed by atoms with Crippen LogP contribution in [0.25, 0.3) is 86.3 Å². The Kier molecular flexibility index (Phi) is 8.71. The van der Waals surface area contributed by atoms with Gasteiger partial charge in [0, 0.05) is 58.8 Å². The van der Waals surface area contributed by atoms with Gasteiger partial charge in [-0.2, -0.15) is 0 Å². The Morgan fingerprint density at radius 3 is 1.74 bits per heavy atom. The Balaban J connectivity index is 0.995. The molecule has 2 nitrogen and oxygen atoms in total. The van der Waals surface area contributed by atoms with Crippen LogP contribution in [0.5, 0.6) is 0 Å². The van der Waals surface area contributed by atoms with E-state index < -0.39 is 5.41 Å². The van der Waals surface area contributed by atoms with Crippen LogP contribution in [0.15, 0.2) is 253 Å². The number of hydrogen-bond acceptors (Lipinski definition) is 3. The fourth-order valence-corrected chi connectivity index (χ4v) is 12.7. The molecule has 0 bridgehead atoms. The number of nitrogens with zero attached hydrogens (tertiary/aromatic N) is 1. The molecule has 0 atom stereocenters. The lowest BCUT2D eigenvalue weighted by atomic mass is 9.67. The van der Waals surface area contributed by atoms with Crippen LogP contribution in [0.1, 0.15) is 22.3 Å². The van der Waals surface area contributed by atoms with Gasteiger partial charge in [0.1, 0.15) is 11.2 Å². The van der Waals surface area contributed by atoms with Crippen molar-refractivity contribution in [3.8, 4) is 33.4 Å². The third-order valence-electron chi connectivity index (χ3n) is 14.4. The van der Waals surface area contributed by atoms with Gasteiger partial charge >= 0.3 is 0 Å². The van der Waals surface area contributed by atoms with Crippen molar-refractivity contribution in [2.75, 3.05) is 4.90 Å². The normalized spacial score (nSPS) is 12.8. The summed E-state index contributed by atoms with van der Waals surface area (Å²) in [6, 6.07) is 91.4. The summed E-state index contributed by atoms with van der Waals surface area (Å²) in [5, 5.41) is 7.26. The lowest BCUT2D eigenvalue weighted by Crippen LogP contribution is -2.28. The average Bonchev–Trinajstić information content (AvgIpc) is 4.08. The molecule has 0 N–H and O–H groups in total. The van der Waals surface area contributed by atoms with Gasteiger partial charge in [0.25, 0.3) is 0 Å². The van der Waals surface area contributed by atoms with Gasteiger partial charge in [-0.1, -0.05) is 206 Å². The highest BCUT2D eigenvalue weighted by Crippen LogP contribution is 2.57. The van der Waals surface area contributed by atoms with Crippen molar-refractivity contribution in [3.05, 3.63) is 271 Å². The van der Waals surface area contributed by atoms with E-state index >= 15 is 0 Å². The van der Waals surface area contributed by atoms with Crippen LogP contribution in [-0.2, 0) is 5.41 Å². The van der Waals surface area contributed by atoms with E-state index in [4.69, 9.17) is 4.42 Å². The first-order valence-corrected chi connectivity index (χ1v) is 24.1. The van der Waals surface area contributed by atoms with Crippen LogP contribution in [0.2, 0.25) is 0 Å². The van der Waals surface area contributed by atoms with Crippen molar-refractivity contribution in [1.82, 2.24) is 0 Å². The second kappa shape index (κ2) is 15.3. The Labute approximate surface area is 398 Å². The van der Waals surface area contributed by atoms with Gasteiger partial charge in [-0.3, -0.25) is 0 Å². The van der Waals surface area contributed by atoms with Crippen molar-refractivity contribution in [3.63, 3.8) is 0 Å². The van der Waals surface area contributed by atoms with Crippen molar-refractivity contribution >= 4 is 81.3 Å². The predicted octanol–water partition coefficient (Wildman–Crippen LogP) is 18.3. The molecule has 2 heterocycles. The highest BCUT2D eigenvalue weighted by molar-refractivity contribution is 7.26. The molecular weight excluding hydrogens is 843 g/mol. The molecule has 0 unspecified atom stereocenters. The Morgan fingerprint density at radius 1 is 0.353 bits per heavy atom. The summed E-state index contributed by atoms with van der Waals surface area (Å²) in [7, 11) is 0. The van der Waals surface area contributed by atoms with Gasteiger partial charge in [0.2, 0.25) is 0 Å². The molecule has 1 aliphatic carbocycles. The largest absolute Gasteiger partial charge is 0.455 e. The number of benzene rings is 11. The van der Waals surface area contributed by atoms with Gasteiger partial charge in [-0.05, 0) is 92.4 Å². The van der Waals surface area contributed by atoms with Crippen molar-refractivity contribution < 1.29 is 4.42 Å². The van der Waals surface area contributed by atoms with Gasteiger partial charge in [0.15, 0.2) is 0 Å². The predicted molar refractivity (Wildman–Crippen MR) is 287 cm³/mol. The second-order valence-corrected chi connectivity index (χ2v) is 18.9. The number of anilines is 3. The molecule has 14 rings (SSSR count). The first-order valence-electron chi connectivity index (χ1n) is 23.3. The molecule has 11 aromatic carbocycles. The maximum Gasteiger partial charge on any atom is 0.143 e. The standard InChI is InChI=1S/C65H41NOS/c1-2-17-43(18-3-1)65(58-31-10-6-22-50(58)51-23-7-11-32-59(51)65)44-19-14-20-46(41-44)66(45-37-35-42(36-38-45)47-27-15-28-55-53-25-8-12-33-61(53)67-63(47)55)60-40-39-49(48-21-4-5-24-52(48)60)56-29-16-30-57-54-26-9-13-34-62(54)68-64(56)57/h1-41H. The molecule has 0 fully saturated rings. The molecule has 318 valence electrons. The minimum Gasteiger partial charge on any atom is -0.455 e. The van der Waals surface area contributed by atoms with Crippen LogP contribution in [-0.4, -0.2) is 0 Å². The van der Waals surface area contributed by atoms with Crippen molar-refractivity contribution in [2.45, 2.75) is 5.41 Å². The van der Waals surface area contributed by atoms with Gasteiger partial charge in [-0.25, -0.2) is 0 Å². The number of thiophene rings is 1. The van der Waals surface area contributed by atoms with Crippen LogP contribution in [0.3, 0.4) is 0 Å². The molecule has 0 saturated carbocycles. The van der Waals surface area contributed by atoms with Crippen molar-refractivity contribution in [2.24, 2.45) is 0 Å². The summed E-state index contributed by atoms with van der Waals surface area (Å²) >= 11 is 1.88. The van der Waals surface area contributed by atoms with E-state index in [1.165, 1.54) is 75.5 Å². The number of rotatable bonds is 7. The van der Waals surface area contributed by atoms with Crippen LogP contribution >= 0.6 is 11.3 Å². The van der Waals surface area contributed by atoms with E-state index in [1.54, 1.807) is 0 Å². The zero-order chi connectivity index (χ0) is 44.8. The van der Waals surface area contributed by atoms with Crippen LogP contribution in [0.4, 0.5) is 17.1 Å². The maximum atomic E-state index is 6.54. The molecule has 1 aliphatic rings. The van der Waals surface area contributed by atoms with Crippen LogP contribution in [0, 0.1) is 0 Å². The molecule has 0 amide bonds. The van der Waals surface area contributed by atoms with E-state index in [-0.39, 0.29) is 0 Å². The molecule has 0 spiro atoms. The SMILES string of the molecule is c1ccc(C2(c3cccc(N(c4ccc(-c5cccc6c5oc5ccccc56)cc4)c4ccc(-c5cccc6c5sc5ccccc56)c5ccccc45)c3)c3ccccc3-c3ccccc32)cc1. The van der Waals surface area contributed by atoms with E-state index in [0.717, 1.165) is 50.1 Å². The third kappa shape index (κ3) is 5.70. The highest BCUT2D eigenvalue weighted by Gasteiger charge is 2.46. The summed E-state index contributed by atoms with van der Waals surface area (Å²) in [4.78, 5) is 2.46. The zero-order valence-corrected chi connectivity index (χ0v) is 37.8. The Bertz CT molecular complexity index is 4060. The fraction of sp³-hybridized carbons (Fsp3) is 0.0154.